The summed E-state index contributed by atoms with van der Waals surface area (Å²) in [6.07, 6.45) is 0.993. The smallest absolute Gasteiger partial charge is 0.244 e. The van der Waals surface area contributed by atoms with E-state index in [9.17, 15) is 22.8 Å². The lowest BCUT2D eigenvalue weighted by Gasteiger charge is -2.31. The van der Waals surface area contributed by atoms with Gasteiger partial charge in [0, 0.05) is 19.2 Å². The Kier molecular flexibility index (Phi) is 8.15. The topological polar surface area (TPSA) is 104 Å². The first kappa shape index (κ1) is 25.1. The molecule has 0 saturated carbocycles. The zero-order chi connectivity index (χ0) is 24.1. The van der Waals surface area contributed by atoms with Crippen molar-refractivity contribution >= 4 is 33.3 Å². The predicted molar refractivity (Wildman–Crippen MR) is 124 cm³/mol. The van der Waals surface area contributed by atoms with Gasteiger partial charge in [-0.2, -0.15) is 0 Å². The molecule has 0 bridgehead atoms. The van der Waals surface area contributed by atoms with E-state index in [0.717, 1.165) is 21.7 Å². The molecule has 0 fully saturated rings. The third-order valence-corrected chi connectivity index (χ3v) is 6.25. The summed E-state index contributed by atoms with van der Waals surface area (Å²) in [6.45, 7) is 4.54. The lowest BCUT2D eigenvalue weighted by molar-refractivity contribution is -0.139. The van der Waals surface area contributed by atoms with Crippen molar-refractivity contribution in [2.24, 2.45) is 0 Å². The van der Waals surface area contributed by atoms with E-state index in [-0.39, 0.29) is 23.9 Å². The largest absolute Gasteiger partial charge is 0.357 e. The van der Waals surface area contributed by atoms with Crippen LogP contribution in [0.1, 0.15) is 35.3 Å². The Hall–Kier alpha value is -3.20. The molecule has 172 valence electrons. The minimum absolute atomic E-state index is 0.138. The lowest BCUT2D eigenvalue weighted by Crippen LogP contribution is -2.50. The van der Waals surface area contributed by atoms with Gasteiger partial charge in [0.15, 0.2) is 5.78 Å². The fourth-order valence-electron chi connectivity index (χ4n) is 3.18. The van der Waals surface area contributed by atoms with Gasteiger partial charge < -0.3 is 10.2 Å². The minimum Gasteiger partial charge on any atom is -0.357 e. The number of ketones is 1. The van der Waals surface area contributed by atoms with Gasteiger partial charge in [-0.05, 0) is 38.5 Å². The molecular formula is C23H29N3O5S. The van der Waals surface area contributed by atoms with Crippen molar-refractivity contribution in [1.82, 2.24) is 10.2 Å². The highest BCUT2D eigenvalue weighted by atomic mass is 32.2. The number of sulfonamides is 1. The minimum atomic E-state index is -3.85. The fourth-order valence-corrected chi connectivity index (χ4v) is 4.02. The quantitative estimate of drug-likeness (QED) is 0.579. The van der Waals surface area contributed by atoms with Crippen molar-refractivity contribution in [2.45, 2.75) is 33.4 Å². The van der Waals surface area contributed by atoms with Gasteiger partial charge in [-0.15, -0.1) is 0 Å². The number of nitrogens with zero attached hydrogens (tertiary/aromatic N) is 2. The van der Waals surface area contributed by atoms with Crippen molar-refractivity contribution in [3.63, 3.8) is 0 Å². The van der Waals surface area contributed by atoms with Crippen LogP contribution in [0.4, 0.5) is 5.69 Å². The number of amides is 2. The number of rotatable bonds is 9. The Morgan fingerprint density at radius 3 is 2.22 bits per heavy atom. The summed E-state index contributed by atoms with van der Waals surface area (Å²) in [6, 6.07) is 12.8. The SMILES string of the molecule is CNC(=O)[C@H](C)N(Cc1ccc(C)cc1)C(=O)CN(c1cccc(C(C)=O)c1)S(C)(=O)=O. The summed E-state index contributed by atoms with van der Waals surface area (Å²) in [5, 5.41) is 2.53. The first-order valence-electron chi connectivity index (χ1n) is 10.1. The van der Waals surface area contributed by atoms with Gasteiger partial charge >= 0.3 is 0 Å². The Balaban J connectivity index is 2.41. The van der Waals surface area contributed by atoms with E-state index in [2.05, 4.69) is 5.32 Å². The third kappa shape index (κ3) is 6.40. The molecule has 0 spiro atoms. The lowest BCUT2D eigenvalue weighted by atomic mass is 10.1. The number of carbonyl (C=O) groups excluding carboxylic acids is 3. The van der Waals surface area contributed by atoms with E-state index in [1.807, 2.05) is 31.2 Å². The molecule has 9 heteroatoms. The average Bonchev–Trinajstić information content (AvgIpc) is 2.75. The Morgan fingerprint density at radius 2 is 1.69 bits per heavy atom. The van der Waals surface area contributed by atoms with E-state index >= 15 is 0 Å². The molecule has 2 amide bonds. The van der Waals surface area contributed by atoms with Crippen LogP contribution in [0.5, 0.6) is 0 Å². The molecule has 0 unspecified atom stereocenters. The first-order valence-corrected chi connectivity index (χ1v) is 11.9. The van der Waals surface area contributed by atoms with Crippen LogP contribution in [-0.2, 0) is 26.2 Å². The molecule has 0 saturated heterocycles. The molecule has 0 aliphatic rings. The second-order valence-electron chi connectivity index (χ2n) is 7.67. The van der Waals surface area contributed by atoms with Crippen molar-refractivity contribution in [3.05, 3.63) is 65.2 Å². The number of hydrogen-bond donors (Lipinski definition) is 1. The molecular weight excluding hydrogens is 430 g/mol. The number of likely N-dealkylation sites (N-methyl/N-ethyl adjacent to an activating group) is 1. The standard InChI is InChI=1S/C23H29N3O5S/c1-16-9-11-19(12-10-16)14-25(17(2)23(29)24-4)22(28)15-26(32(5,30)31)21-8-6-7-20(13-21)18(3)27/h6-13,17H,14-15H2,1-5H3,(H,24,29)/t17-/m0/s1. The molecule has 32 heavy (non-hydrogen) atoms. The zero-order valence-electron chi connectivity index (χ0n) is 19.0. The number of nitrogens with one attached hydrogen (secondary N) is 1. The molecule has 0 heterocycles. The molecule has 0 aliphatic heterocycles. The number of aryl methyl sites for hydroxylation is 1. The molecule has 0 radical (unpaired) electrons. The van der Waals surface area contributed by atoms with Gasteiger partial charge in [-0.1, -0.05) is 42.0 Å². The molecule has 2 aromatic carbocycles. The van der Waals surface area contributed by atoms with Crippen LogP contribution in [-0.4, -0.2) is 56.8 Å². The van der Waals surface area contributed by atoms with E-state index in [1.54, 1.807) is 19.1 Å². The molecule has 0 aliphatic carbocycles. The van der Waals surface area contributed by atoms with Crippen molar-refractivity contribution in [3.8, 4) is 0 Å². The van der Waals surface area contributed by atoms with E-state index < -0.39 is 28.5 Å². The highest BCUT2D eigenvalue weighted by Crippen LogP contribution is 2.21. The summed E-state index contributed by atoms with van der Waals surface area (Å²) in [4.78, 5) is 38.7. The number of hydrogen-bond acceptors (Lipinski definition) is 5. The van der Waals surface area contributed by atoms with Crippen LogP contribution in [0.3, 0.4) is 0 Å². The highest BCUT2D eigenvalue weighted by molar-refractivity contribution is 7.92. The second kappa shape index (κ2) is 10.4. The first-order chi connectivity index (χ1) is 14.9. The number of Topliss-reactive ketones (excluding diaryl/α,β-unsaturated/α-hetero) is 1. The van der Waals surface area contributed by atoms with Crippen LogP contribution < -0.4 is 9.62 Å². The maximum absolute atomic E-state index is 13.3. The van der Waals surface area contributed by atoms with Crippen molar-refractivity contribution in [1.29, 1.82) is 0 Å². The van der Waals surface area contributed by atoms with Gasteiger partial charge in [0.05, 0.1) is 11.9 Å². The summed E-state index contributed by atoms with van der Waals surface area (Å²) in [7, 11) is -2.37. The fraction of sp³-hybridized carbons (Fsp3) is 0.348. The van der Waals surface area contributed by atoms with Crippen LogP contribution in [0, 0.1) is 6.92 Å². The summed E-state index contributed by atoms with van der Waals surface area (Å²) in [5.74, 6) is -1.13. The molecule has 2 rings (SSSR count). The van der Waals surface area contributed by atoms with Gasteiger partial charge in [-0.3, -0.25) is 18.7 Å². The van der Waals surface area contributed by atoms with Crippen LogP contribution >= 0.6 is 0 Å². The van der Waals surface area contributed by atoms with Crippen molar-refractivity contribution in [2.75, 3.05) is 24.2 Å². The molecule has 2 aromatic rings. The van der Waals surface area contributed by atoms with E-state index in [4.69, 9.17) is 0 Å². The summed E-state index contributed by atoms with van der Waals surface area (Å²) < 4.78 is 26.0. The maximum Gasteiger partial charge on any atom is 0.244 e. The molecule has 0 aromatic heterocycles. The van der Waals surface area contributed by atoms with E-state index in [0.29, 0.717) is 5.56 Å². The molecule has 8 nitrogen and oxygen atoms in total. The van der Waals surface area contributed by atoms with Gasteiger partial charge in [-0.25, -0.2) is 8.42 Å². The van der Waals surface area contributed by atoms with Crippen LogP contribution in [0.25, 0.3) is 0 Å². The number of carbonyl (C=O) groups is 3. The van der Waals surface area contributed by atoms with Gasteiger partial charge in [0.2, 0.25) is 21.8 Å². The number of benzene rings is 2. The van der Waals surface area contributed by atoms with Crippen LogP contribution in [0.15, 0.2) is 48.5 Å². The Labute approximate surface area is 189 Å². The highest BCUT2D eigenvalue weighted by Gasteiger charge is 2.29. The predicted octanol–water partition coefficient (Wildman–Crippen LogP) is 2.13. The molecule has 1 atom stereocenters. The Morgan fingerprint density at radius 1 is 1.06 bits per heavy atom. The third-order valence-electron chi connectivity index (χ3n) is 5.11. The Bertz CT molecular complexity index is 1100. The zero-order valence-corrected chi connectivity index (χ0v) is 19.8. The summed E-state index contributed by atoms with van der Waals surface area (Å²) >= 11 is 0. The second-order valence-corrected chi connectivity index (χ2v) is 9.58. The van der Waals surface area contributed by atoms with Crippen LogP contribution in [0.2, 0.25) is 0 Å². The average molecular weight is 460 g/mol. The maximum atomic E-state index is 13.3. The summed E-state index contributed by atoms with van der Waals surface area (Å²) in [5.41, 5.74) is 2.40. The van der Waals surface area contributed by atoms with Gasteiger partial charge in [0.25, 0.3) is 0 Å². The van der Waals surface area contributed by atoms with Gasteiger partial charge in [0.1, 0.15) is 12.6 Å². The normalized spacial score (nSPS) is 12.0. The number of anilines is 1. The van der Waals surface area contributed by atoms with E-state index in [1.165, 1.54) is 31.0 Å². The monoisotopic (exact) mass is 459 g/mol. The molecule has 1 N–H and O–H groups in total. The van der Waals surface area contributed by atoms with Crippen molar-refractivity contribution < 1.29 is 22.8 Å².